The average Bonchev–Trinajstić information content (AvgIpc) is 2.86. The highest BCUT2D eigenvalue weighted by Crippen LogP contribution is 2.22. The summed E-state index contributed by atoms with van der Waals surface area (Å²) in [5, 5.41) is 18.2. The van der Waals surface area contributed by atoms with Crippen LogP contribution >= 0.6 is 27.7 Å². The van der Waals surface area contributed by atoms with E-state index in [1.54, 1.807) is 12.1 Å². The van der Waals surface area contributed by atoms with E-state index < -0.39 is 11.2 Å². The third-order valence-corrected chi connectivity index (χ3v) is 3.56. The molecule has 0 aromatic carbocycles. The first-order chi connectivity index (χ1) is 9.04. The van der Waals surface area contributed by atoms with Crippen LogP contribution in [0.3, 0.4) is 0 Å². The summed E-state index contributed by atoms with van der Waals surface area (Å²) in [6.45, 7) is 0. The molecule has 1 aliphatic heterocycles. The van der Waals surface area contributed by atoms with Gasteiger partial charge in [-0.15, -0.1) is 5.10 Å². The van der Waals surface area contributed by atoms with Crippen LogP contribution in [0.1, 0.15) is 12.2 Å². The van der Waals surface area contributed by atoms with Crippen molar-refractivity contribution in [1.82, 2.24) is 5.32 Å². The van der Waals surface area contributed by atoms with Crippen molar-refractivity contribution in [1.29, 1.82) is 0 Å². The molecule has 0 aliphatic carbocycles. The number of carbonyl (C=O) groups is 2. The Balaban J connectivity index is 1.96. The molecule has 1 fully saturated rings. The molecule has 2 N–H and O–H groups in total. The third-order valence-electron chi connectivity index (χ3n) is 2.06. The SMILES string of the molecule is O=C(O)C[C@H]1S/C(=N/N=C\c2ccc(Br)o2)NC1=O. The number of hydrogen-bond donors (Lipinski definition) is 2. The third kappa shape index (κ3) is 3.93. The van der Waals surface area contributed by atoms with Crippen LogP contribution in [0.5, 0.6) is 0 Å². The van der Waals surface area contributed by atoms with Gasteiger partial charge in [-0.3, -0.25) is 9.59 Å². The van der Waals surface area contributed by atoms with Crippen LogP contribution < -0.4 is 5.32 Å². The molecule has 2 heterocycles. The van der Waals surface area contributed by atoms with Crippen molar-refractivity contribution in [2.75, 3.05) is 0 Å². The zero-order valence-electron chi connectivity index (χ0n) is 9.37. The van der Waals surface area contributed by atoms with Crippen LogP contribution in [-0.4, -0.2) is 33.6 Å². The van der Waals surface area contributed by atoms with E-state index in [-0.39, 0.29) is 17.5 Å². The van der Waals surface area contributed by atoms with Gasteiger partial charge in [-0.05, 0) is 28.1 Å². The van der Waals surface area contributed by atoms with Gasteiger partial charge in [0.1, 0.15) is 11.0 Å². The standard InChI is InChI=1S/C10H8BrN3O4S/c11-7-2-1-5(18-7)4-12-14-10-13-9(17)6(19-10)3-8(15)16/h1-2,4,6H,3H2,(H,15,16)(H,13,14,17)/b12-4-/t6-/m1/s1. The molecule has 1 atom stereocenters. The summed E-state index contributed by atoms with van der Waals surface area (Å²) in [5.41, 5.74) is 0. The van der Waals surface area contributed by atoms with Gasteiger partial charge in [-0.1, -0.05) is 11.8 Å². The zero-order chi connectivity index (χ0) is 13.8. The summed E-state index contributed by atoms with van der Waals surface area (Å²) in [4.78, 5) is 21.9. The molecule has 1 saturated heterocycles. The number of rotatable bonds is 4. The molecule has 19 heavy (non-hydrogen) atoms. The van der Waals surface area contributed by atoms with Crippen LogP contribution in [0.25, 0.3) is 0 Å². The Labute approximate surface area is 120 Å². The zero-order valence-corrected chi connectivity index (χ0v) is 11.8. The van der Waals surface area contributed by atoms with Crippen LogP contribution in [0.2, 0.25) is 0 Å². The van der Waals surface area contributed by atoms with Crippen molar-refractivity contribution in [3.63, 3.8) is 0 Å². The molecule has 1 aromatic heterocycles. The summed E-state index contributed by atoms with van der Waals surface area (Å²) >= 11 is 4.19. The summed E-state index contributed by atoms with van der Waals surface area (Å²) in [6.07, 6.45) is 1.14. The maximum absolute atomic E-state index is 11.4. The van der Waals surface area contributed by atoms with Gasteiger partial charge in [0.2, 0.25) is 5.91 Å². The van der Waals surface area contributed by atoms with Crippen molar-refractivity contribution in [3.8, 4) is 0 Å². The molecule has 0 unspecified atom stereocenters. The van der Waals surface area contributed by atoms with E-state index in [1.165, 1.54) is 6.21 Å². The van der Waals surface area contributed by atoms with Crippen LogP contribution in [0, 0.1) is 0 Å². The predicted molar refractivity (Wildman–Crippen MR) is 73.2 cm³/mol. The minimum atomic E-state index is -1.03. The second kappa shape index (κ2) is 6.02. The van der Waals surface area contributed by atoms with Gasteiger partial charge in [0.05, 0.1) is 12.6 Å². The highest BCUT2D eigenvalue weighted by atomic mass is 79.9. The highest BCUT2D eigenvalue weighted by molar-refractivity contribution is 9.10. The first-order valence-corrected chi connectivity index (χ1v) is 6.77. The fraction of sp³-hybridized carbons (Fsp3) is 0.200. The number of nitrogens with one attached hydrogen (secondary N) is 1. The number of carboxylic acids is 1. The number of aliphatic carboxylic acids is 1. The molecular formula is C10H8BrN3O4S. The van der Waals surface area contributed by atoms with E-state index in [0.717, 1.165) is 11.8 Å². The molecule has 0 spiro atoms. The largest absolute Gasteiger partial charge is 0.481 e. The van der Waals surface area contributed by atoms with Gasteiger partial charge < -0.3 is 14.8 Å². The second-order valence-corrected chi connectivity index (χ2v) is 5.46. The number of halogens is 1. The van der Waals surface area contributed by atoms with Crippen molar-refractivity contribution in [2.24, 2.45) is 10.2 Å². The van der Waals surface area contributed by atoms with Crippen LogP contribution in [0.15, 0.2) is 31.4 Å². The topological polar surface area (TPSA) is 104 Å². The molecule has 0 bridgehead atoms. The molecule has 0 saturated carbocycles. The van der Waals surface area contributed by atoms with Gasteiger partial charge in [-0.2, -0.15) is 5.10 Å². The maximum atomic E-state index is 11.4. The lowest BCUT2D eigenvalue weighted by molar-refractivity contribution is -0.138. The first kappa shape index (κ1) is 13.8. The normalized spacial score (nSPS) is 21.2. The molecule has 100 valence electrons. The summed E-state index contributed by atoms with van der Waals surface area (Å²) < 4.78 is 5.74. The molecular weight excluding hydrogens is 338 g/mol. The van der Waals surface area contributed by atoms with Gasteiger partial charge in [0, 0.05) is 0 Å². The van der Waals surface area contributed by atoms with Gasteiger partial charge in [0.25, 0.3) is 0 Å². The Kier molecular flexibility index (Phi) is 4.38. The van der Waals surface area contributed by atoms with Crippen LogP contribution in [0.4, 0.5) is 0 Å². The van der Waals surface area contributed by atoms with Crippen molar-refractivity contribution in [2.45, 2.75) is 11.7 Å². The Morgan fingerprint density at radius 1 is 1.63 bits per heavy atom. The number of furan rings is 1. The molecule has 2 rings (SSSR count). The second-order valence-electron chi connectivity index (χ2n) is 3.49. The maximum Gasteiger partial charge on any atom is 0.305 e. The Morgan fingerprint density at radius 3 is 3.05 bits per heavy atom. The minimum Gasteiger partial charge on any atom is -0.481 e. The number of nitrogens with zero attached hydrogens (tertiary/aromatic N) is 2. The fourth-order valence-electron chi connectivity index (χ4n) is 1.28. The lowest BCUT2D eigenvalue weighted by atomic mass is 10.3. The Bertz CT molecular complexity index is 569. The van der Waals surface area contributed by atoms with Gasteiger partial charge >= 0.3 is 5.97 Å². The molecule has 0 radical (unpaired) electrons. The number of amides is 1. The first-order valence-electron chi connectivity index (χ1n) is 5.10. The molecule has 1 aromatic rings. The van der Waals surface area contributed by atoms with Crippen LogP contribution in [-0.2, 0) is 9.59 Å². The fourth-order valence-corrected chi connectivity index (χ4v) is 2.52. The molecule has 7 nitrogen and oxygen atoms in total. The minimum absolute atomic E-state index is 0.246. The Hall–Kier alpha value is -1.61. The summed E-state index contributed by atoms with van der Waals surface area (Å²) in [7, 11) is 0. The van der Waals surface area contributed by atoms with E-state index in [0.29, 0.717) is 10.4 Å². The van der Waals surface area contributed by atoms with E-state index >= 15 is 0 Å². The highest BCUT2D eigenvalue weighted by Gasteiger charge is 2.32. The number of hydrogen-bond acceptors (Lipinski definition) is 6. The smallest absolute Gasteiger partial charge is 0.305 e. The number of thioether (sulfide) groups is 1. The molecule has 1 aliphatic rings. The molecule has 9 heteroatoms. The van der Waals surface area contributed by atoms with E-state index in [4.69, 9.17) is 9.52 Å². The summed E-state index contributed by atoms with van der Waals surface area (Å²) in [5.74, 6) is -0.896. The van der Waals surface area contributed by atoms with Gasteiger partial charge in [-0.25, -0.2) is 0 Å². The van der Waals surface area contributed by atoms with Crippen molar-refractivity contribution in [3.05, 3.63) is 22.6 Å². The summed E-state index contributed by atoms with van der Waals surface area (Å²) in [6, 6.07) is 3.41. The quantitative estimate of drug-likeness (QED) is 0.634. The van der Waals surface area contributed by atoms with Gasteiger partial charge in [0.15, 0.2) is 9.84 Å². The lowest BCUT2D eigenvalue weighted by Gasteiger charge is -1.97. The van der Waals surface area contributed by atoms with E-state index in [2.05, 4.69) is 31.4 Å². The molecule has 1 amide bonds. The predicted octanol–water partition coefficient (Wildman–Crippen LogP) is 1.44. The monoisotopic (exact) mass is 345 g/mol. The number of amidine groups is 1. The number of carboxylic acid groups (broad SMARTS) is 1. The van der Waals surface area contributed by atoms with Crippen molar-refractivity contribution >= 4 is 51.0 Å². The average molecular weight is 346 g/mol. The Morgan fingerprint density at radius 2 is 2.42 bits per heavy atom. The van der Waals surface area contributed by atoms with E-state index in [1.807, 2.05) is 0 Å². The lowest BCUT2D eigenvalue weighted by Crippen LogP contribution is -2.26. The number of carbonyl (C=O) groups excluding carboxylic acids is 1. The van der Waals surface area contributed by atoms with Crippen molar-refractivity contribution < 1.29 is 19.1 Å². The van der Waals surface area contributed by atoms with E-state index in [9.17, 15) is 9.59 Å².